The van der Waals surface area contributed by atoms with Gasteiger partial charge in [-0.25, -0.2) is 0 Å². The van der Waals surface area contributed by atoms with Gasteiger partial charge in [0.25, 0.3) is 0 Å². The summed E-state index contributed by atoms with van der Waals surface area (Å²) >= 11 is 10.6. The molecular weight excluding hydrogens is 135 g/mol. The van der Waals surface area contributed by atoms with Crippen molar-refractivity contribution in [3.63, 3.8) is 0 Å². The Morgan fingerprint density at radius 1 is 1.43 bits per heavy atom. The molecule has 0 fully saturated rings. The summed E-state index contributed by atoms with van der Waals surface area (Å²) in [7, 11) is 0. The number of hydrogen-bond acceptors (Lipinski definition) is 2. The monoisotopic (exact) mass is 142 g/mol. The molecule has 7 heavy (non-hydrogen) atoms. The van der Waals surface area contributed by atoms with E-state index in [1.54, 1.807) is 0 Å². The molecule has 0 aliphatic carbocycles. The van der Waals surface area contributed by atoms with Crippen LogP contribution in [0.15, 0.2) is 0 Å². The molecule has 0 aliphatic rings. The van der Waals surface area contributed by atoms with E-state index in [2.05, 4.69) is 0 Å². The second-order valence-electron chi connectivity index (χ2n) is 1.23. The molecule has 0 aromatic carbocycles. The number of halogens is 2. The third-order valence-corrected chi connectivity index (χ3v) is 1.24. The third-order valence-electron chi connectivity index (χ3n) is 0.596. The molecule has 0 spiro atoms. The van der Waals surface area contributed by atoms with E-state index in [0.717, 1.165) is 0 Å². The van der Waals surface area contributed by atoms with Gasteiger partial charge in [-0.15, -0.1) is 23.2 Å². The molecule has 0 aliphatic heterocycles. The first kappa shape index (κ1) is 7.50. The normalized spacial score (nSPS) is 15.0. The van der Waals surface area contributed by atoms with Gasteiger partial charge in [0.1, 0.15) is 4.84 Å². The molecule has 4 N–H and O–H groups in total. The van der Waals surface area contributed by atoms with Crippen molar-refractivity contribution in [3.8, 4) is 0 Å². The van der Waals surface area contributed by atoms with Gasteiger partial charge in [-0.1, -0.05) is 0 Å². The molecule has 0 amide bonds. The lowest BCUT2D eigenvalue weighted by atomic mass is 10.4. The Morgan fingerprint density at radius 2 is 1.86 bits per heavy atom. The van der Waals surface area contributed by atoms with Crippen molar-refractivity contribution >= 4 is 23.2 Å². The van der Waals surface area contributed by atoms with Crippen molar-refractivity contribution in [2.75, 3.05) is 6.54 Å². The first-order valence-corrected chi connectivity index (χ1v) is 2.79. The Morgan fingerprint density at radius 3 is 1.86 bits per heavy atom. The number of alkyl halides is 2. The molecule has 0 bridgehead atoms. The summed E-state index contributed by atoms with van der Waals surface area (Å²) in [6.45, 7) is 0.331. The summed E-state index contributed by atoms with van der Waals surface area (Å²) in [4.78, 5) is -0.537. The van der Waals surface area contributed by atoms with Crippen molar-refractivity contribution in [2.45, 2.75) is 10.9 Å². The van der Waals surface area contributed by atoms with E-state index in [0.29, 0.717) is 6.54 Å². The van der Waals surface area contributed by atoms with Gasteiger partial charge in [0.2, 0.25) is 0 Å². The fraction of sp³-hybridized carbons (Fsp3) is 1.00. The molecule has 0 rings (SSSR count). The number of hydrogen-bond donors (Lipinski definition) is 2. The van der Waals surface area contributed by atoms with Crippen LogP contribution in [0, 0.1) is 0 Å². The molecular formula is C3H8Cl2N2. The minimum Gasteiger partial charge on any atom is -0.329 e. The lowest BCUT2D eigenvalue weighted by molar-refractivity contribution is 0.730. The second-order valence-corrected chi connectivity index (χ2v) is 2.40. The Labute approximate surface area is 52.8 Å². The maximum Gasteiger partial charge on any atom is 0.124 e. The Hall–Kier alpha value is 0.500. The zero-order valence-corrected chi connectivity index (χ0v) is 5.28. The molecule has 4 heteroatoms. The first-order chi connectivity index (χ1) is 3.18. The summed E-state index contributed by atoms with van der Waals surface area (Å²) in [5, 5.41) is 0. The molecule has 1 atom stereocenters. The van der Waals surface area contributed by atoms with Crippen LogP contribution in [-0.2, 0) is 0 Å². The molecule has 0 heterocycles. The molecule has 0 aromatic heterocycles. The van der Waals surface area contributed by atoms with Crippen LogP contribution < -0.4 is 11.5 Å². The highest BCUT2D eigenvalue weighted by atomic mass is 35.5. The van der Waals surface area contributed by atoms with Crippen LogP contribution in [0.1, 0.15) is 0 Å². The van der Waals surface area contributed by atoms with E-state index >= 15 is 0 Å². The van der Waals surface area contributed by atoms with Gasteiger partial charge in [0.05, 0.1) is 0 Å². The van der Waals surface area contributed by atoms with Crippen LogP contribution >= 0.6 is 23.2 Å². The van der Waals surface area contributed by atoms with E-state index in [4.69, 9.17) is 34.7 Å². The summed E-state index contributed by atoms with van der Waals surface area (Å²) in [5.74, 6) is 0. The maximum absolute atomic E-state index is 5.29. The van der Waals surface area contributed by atoms with Crippen molar-refractivity contribution in [3.05, 3.63) is 0 Å². The first-order valence-electron chi connectivity index (χ1n) is 1.92. The van der Waals surface area contributed by atoms with Crippen LogP contribution in [0.4, 0.5) is 0 Å². The van der Waals surface area contributed by atoms with Crippen LogP contribution in [0.2, 0.25) is 0 Å². The summed E-state index contributed by atoms with van der Waals surface area (Å²) < 4.78 is 0. The molecule has 0 saturated carbocycles. The highest BCUT2D eigenvalue weighted by molar-refractivity contribution is 6.44. The largest absolute Gasteiger partial charge is 0.329 e. The standard InChI is InChI=1S/C3H8Cl2N2/c4-3(5)2(7)1-6/h2-3H,1,6-7H2. The van der Waals surface area contributed by atoms with E-state index in [1.165, 1.54) is 0 Å². The van der Waals surface area contributed by atoms with Crippen molar-refractivity contribution in [1.82, 2.24) is 0 Å². The maximum atomic E-state index is 5.29. The average molecular weight is 143 g/mol. The highest BCUT2D eigenvalue weighted by Gasteiger charge is 2.07. The van der Waals surface area contributed by atoms with Gasteiger partial charge >= 0.3 is 0 Å². The van der Waals surface area contributed by atoms with Crippen LogP contribution in [0.3, 0.4) is 0 Å². The van der Waals surface area contributed by atoms with Crippen molar-refractivity contribution in [2.24, 2.45) is 11.5 Å². The Bertz CT molecular complexity index is 48.2. The number of nitrogens with two attached hydrogens (primary N) is 2. The molecule has 2 nitrogen and oxygen atoms in total. The lowest BCUT2D eigenvalue weighted by Crippen LogP contribution is -2.35. The van der Waals surface area contributed by atoms with Crippen LogP contribution in [0.5, 0.6) is 0 Å². The van der Waals surface area contributed by atoms with Gasteiger partial charge in [-0.05, 0) is 0 Å². The zero-order chi connectivity index (χ0) is 5.86. The van der Waals surface area contributed by atoms with Gasteiger partial charge in [-0.2, -0.15) is 0 Å². The third kappa shape index (κ3) is 3.12. The van der Waals surface area contributed by atoms with E-state index in [1.807, 2.05) is 0 Å². The summed E-state index contributed by atoms with van der Waals surface area (Å²) in [6, 6.07) is -0.289. The Kier molecular flexibility index (Phi) is 3.75. The van der Waals surface area contributed by atoms with Gasteiger partial charge in [-0.3, -0.25) is 0 Å². The predicted molar refractivity (Wildman–Crippen MR) is 32.5 cm³/mol. The minimum absolute atomic E-state index is 0.289. The topological polar surface area (TPSA) is 52.0 Å². The van der Waals surface area contributed by atoms with Crippen LogP contribution in [-0.4, -0.2) is 17.4 Å². The van der Waals surface area contributed by atoms with Crippen LogP contribution in [0.25, 0.3) is 0 Å². The van der Waals surface area contributed by atoms with E-state index in [-0.39, 0.29) is 6.04 Å². The Balaban J connectivity index is 3.14. The lowest BCUT2D eigenvalue weighted by Gasteiger charge is -2.06. The van der Waals surface area contributed by atoms with E-state index in [9.17, 15) is 0 Å². The zero-order valence-electron chi connectivity index (χ0n) is 3.77. The second kappa shape index (κ2) is 3.50. The average Bonchev–Trinajstić information content (AvgIpc) is 1.65. The number of rotatable bonds is 2. The smallest absolute Gasteiger partial charge is 0.124 e. The SMILES string of the molecule is NCC(N)C(Cl)Cl. The van der Waals surface area contributed by atoms with Gasteiger partial charge in [0, 0.05) is 12.6 Å². The molecule has 0 aromatic rings. The molecule has 0 saturated heterocycles. The van der Waals surface area contributed by atoms with Gasteiger partial charge < -0.3 is 11.5 Å². The molecule has 0 radical (unpaired) electrons. The fourth-order valence-corrected chi connectivity index (χ4v) is 0.309. The van der Waals surface area contributed by atoms with Gasteiger partial charge in [0.15, 0.2) is 0 Å². The molecule has 44 valence electrons. The quantitative estimate of drug-likeness (QED) is 0.537. The van der Waals surface area contributed by atoms with Crippen molar-refractivity contribution in [1.29, 1.82) is 0 Å². The minimum atomic E-state index is -0.537. The summed E-state index contributed by atoms with van der Waals surface area (Å²) in [5.41, 5.74) is 10.3. The predicted octanol–water partition coefficient (Wildman–Crippen LogP) is 0.0761. The molecule has 1 unspecified atom stereocenters. The van der Waals surface area contributed by atoms with E-state index < -0.39 is 4.84 Å². The fourth-order valence-electron chi connectivity index (χ4n) is 0.103. The van der Waals surface area contributed by atoms with Crippen molar-refractivity contribution < 1.29 is 0 Å². The highest BCUT2D eigenvalue weighted by Crippen LogP contribution is 2.03. The summed E-state index contributed by atoms with van der Waals surface area (Å²) in [6.07, 6.45) is 0.